The maximum Gasteiger partial charge on any atom is 0.250 e. The largest absolute Gasteiger partial charge is 0.329 e. The molecule has 1 aliphatic rings. The summed E-state index contributed by atoms with van der Waals surface area (Å²) in [6.45, 7) is 6.44. The van der Waals surface area contributed by atoms with Crippen LogP contribution in [-0.4, -0.2) is 23.0 Å². The lowest BCUT2D eigenvalue weighted by Gasteiger charge is -2.24. The van der Waals surface area contributed by atoms with Gasteiger partial charge in [0.05, 0.1) is 0 Å². The van der Waals surface area contributed by atoms with Crippen molar-refractivity contribution in [2.75, 3.05) is 13.1 Å². The molecule has 1 saturated heterocycles. The average molecular weight is 220 g/mol. The third-order valence-corrected chi connectivity index (χ3v) is 3.37. The lowest BCUT2D eigenvalue weighted by atomic mass is 10.1. The van der Waals surface area contributed by atoms with E-state index >= 15 is 0 Å². The van der Waals surface area contributed by atoms with Crippen molar-refractivity contribution >= 4 is 0 Å². The molecule has 88 valence electrons. The molecular weight excluding hydrogens is 200 g/mol. The molecule has 0 aliphatic carbocycles. The molecule has 1 atom stereocenters. The van der Waals surface area contributed by atoms with Gasteiger partial charge in [0.1, 0.15) is 0 Å². The summed E-state index contributed by atoms with van der Waals surface area (Å²) >= 11 is 0. The van der Waals surface area contributed by atoms with E-state index in [0.29, 0.717) is 6.04 Å². The van der Waals surface area contributed by atoms with Gasteiger partial charge in [0.25, 0.3) is 5.56 Å². The minimum atomic E-state index is 0.0313. The zero-order valence-corrected chi connectivity index (χ0v) is 10.1. The normalized spacial score (nSPS) is 21.5. The Morgan fingerprint density at radius 2 is 2.38 bits per heavy atom. The molecule has 0 amide bonds. The molecule has 0 saturated carbocycles. The number of hydrogen-bond acceptors (Lipinski definition) is 2. The van der Waals surface area contributed by atoms with E-state index < -0.39 is 0 Å². The van der Waals surface area contributed by atoms with E-state index in [-0.39, 0.29) is 5.56 Å². The van der Waals surface area contributed by atoms with Gasteiger partial charge in [-0.2, -0.15) is 0 Å². The lowest BCUT2D eigenvalue weighted by Crippen LogP contribution is -2.25. The fourth-order valence-electron chi connectivity index (χ4n) is 2.57. The summed E-state index contributed by atoms with van der Waals surface area (Å²) in [5.74, 6) is 0. The Kier molecular flexibility index (Phi) is 3.44. The number of rotatable bonds is 3. The van der Waals surface area contributed by atoms with Crippen LogP contribution in [0.4, 0.5) is 0 Å². The molecule has 2 rings (SSSR count). The van der Waals surface area contributed by atoms with Gasteiger partial charge >= 0.3 is 0 Å². The molecule has 1 N–H and O–H groups in total. The van der Waals surface area contributed by atoms with Gasteiger partial charge in [0.2, 0.25) is 0 Å². The molecule has 0 bridgehead atoms. The fraction of sp³-hybridized carbons (Fsp3) is 0.615. The van der Waals surface area contributed by atoms with Crippen molar-refractivity contribution in [1.82, 2.24) is 9.88 Å². The number of aromatic amines is 1. The Hall–Kier alpha value is -1.09. The summed E-state index contributed by atoms with van der Waals surface area (Å²) in [5, 5.41) is 0. The van der Waals surface area contributed by atoms with Gasteiger partial charge in [0, 0.05) is 17.8 Å². The highest BCUT2D eigenvalue weighted by Gasteiger charge is 2.25. The molecule has 0 aromatic carbocycles. The zero-order valence-electron chi connectivity index (χ0n) is 10.1. The van der Waals surface area contributed by atoms with Crippen LogP contribution in [0.5, 0.6) is 0 Å². The van der Waals surface area contributed by atoms with Crippen molar-refractivity contribution in [2.24, 2.45) is 0 Å². The third kappa shape index (κ3) is 2.19. The Bertz CT molecular complexity index is 411. The fourth-order valence-corrected chi connectivity index (χ4v) is 2.57. The van der Waals surface area contributed by atoms with Crippen LogP contribution < -0.4 is 5.56 Å². The van der Waals surface area contributed by atoms with Crippen LogP contribution in [0.2, 0.25) is 0 Å². The summed E-state index contributed by atoms with van der Waals surface area (Å²) < 4.78 is 0. The Morgan fingerprint density at radius 3 is 3.06 bits per heavy atom. The van der Waals surface area contributed by atoms with E-state index in [9.17, 15) is 4.79 Å². The van der Waals surface area contributed by atoms with Gasteiger partial charge in [0.15, 0.2) is 0 Å². The molecule has 16 heavy (non-hydrogen) atoms. The van der Waals surface area contributed by atoms with Crippen LogP contribution in [0.3, 0.4) is 0 Å². The monoisotopic (exact) mass is 220 g/mol. The van der Waals surface area contributed by atoms with Crippen LogP contribution in [0.1, 0.15) is 43.4 Å². The number of hydrogen-bond donors (Lipinski definition) is 1. The minimum absolute atomic E-state index is 0.0313. The Balaban J connectivity index is 2.22. The Morgan fingerprint density at radius 1 is 1.56 bits per heavy atom. The van der Waals surface area contributed by atoms with Crippen molar-refractivity contribution < 1.29 is 0 Å². The predicted molar refractivity (Wildman–Crippen MR) is 65.6 cm³/mol. The highest BCUT2D eigenvalue weighted by Crippen LogP contribution is 2.31. The number of aryl methyl sites for hydroxylation is 1. The van der Waals surface area contributed by atoms with Gasteiger partial charge in [-0.3, -0.25) is 9.69 Å². The van der Waals surface area contributed by atoms with Crippen molar-refractivity contribution in [2.45, 2.75) is 39.2 Å². The molecule has 0 spiro atoms. The van der Waals surface area contributed by atoms with E-state index in [1.165, 1.54) is 31.4 Å². The standard InChI is InChI=1S/C13H20N2O/c1-3-6-15-7-4-5-12(15)11-8-10(2)13(16)14-9-11/h8-9,12H,3-7H2,1-2H3,(H,14,16)/t12-/m1/s1. The molecule has 3 nitrogen and oxygen atoms in total. The van der Waals surface area contributed by atoms with Crippen molar-refractivity contribution in [3.05, 3.63) is 33.7 Å². The highest BCUT2D eigenvalue weighted by atomic mass is 16.1. The SMILES string of the molecule is CCCN1CCC[C@@H]1c1c[nH]c(=O)c(C)c1. The first kappa shape index (κ1) is 11.4. The lowest BCUT2D eigenvalue weighted by molar-refractivity contribution is 0.257. The summed E-state index contributed by atoms with van der Waals surface area (Å²) in [6, 6.07) is 2.55. The zero-order chi connectivity index (χ0) is 11.5. The summed E-state index contributed by atoms with van der Waals surface area (Å²) in [6.07, 6.45) is 5.56. The number of nitrogens with zero attached hydrogens (tertiary/aromatic N) is 1. The third-order valence-electron chi connectivity index (χ3n) is 3.37. The highest BCUT2D eigenvalue weighted by molar-refractivity contribution is 5.21. The summed E-state index contributed by atoms with van der Waals surface area (Å²) in [4.78, 5) is 16.7. The van der Waals surface area contributed by atoms with Crippen LogP contribution >= 0.6 is 0 Å². The maximum atomic E-state index is 11.3. The second-order valence-corrected chi connectivity index (χ2v) is 4.64. The molecule has 3 heteroatoms. The van der Waals surface area contributed by atoms with Crippen LogP contribution in [0, 0.1) is 6.92 Å². The van der Waals surface area contributed by atoms with E-state index in [0.717, 1.165) is 12.1 Å². The van der Waals surface area contributed by atoms with Gasteiger partial charge < -0.3 is 4.98 Å². The number of pyridine rings is 1. The van der Waals surface area contributed by atoms with Crippen LogP contribution in [0.25, 0.3) is 0 Å². The smallest absolute Gasteiger partial charge is 0.250 e. The van der Waals surface area contributed by atoms with Gasteiger partial charge in [-0.1, -0.05) is 6.92 Å². The number of nitrogens with one attached hydrogen (secondary N) is 1. The average Bonchev–Trinajstić information content (AvgIpc) is 2.71. The first-order valence-corrected chi connectivity index (χ1v) is 6.15. The topological polar surface area (TPSA) is 36.1 Å². The molecular formula is C13H20N2O. The van der Waals surface area contributed by atoms with Crippen molar-refractivity contribution in [1.29, 1.82) is 0 Å². The molecule has 1 aromatic heterocycles. The molecule has 0 radical (unpaired) electrons. The van der Waals surface area contributed by atoms with E-state index in [1.807, 2.05) is 19.2 Å². The van der Waals surface area contributed by atoms with Crippen molar-refractivity contribution in [3.8, 4) is 0 Å². The van der Waals surface area contributed by atoms with Crippen LogP contribution in [0.15, 0.2) is 17.1 Å². The second-order valence-electron chi connectivity index (χ2n) is 4.64. The maximum absolute atomic E-state index is 11.3. The molecule has 0 unspecified atom stereocenters. The summed E-state index contributed by atoms with van der Waals surface area (Å²) in [7, 11) is 0. The van der Waals surface area contributed by atoms with Gasteiger partial charge in [-0.05, 0) is 50.9 Å². The second kappa shape index (κ2) is 4.83. The number of likely N-dealkylation sites (tertiary alicyclic amines) is 1. The van der Waals surface area contributed by atoms with E-state index in [2.05, 4.69) is 16.8 Å². The molecule has 1 aliphatic heterocycles. The van der Waals surface area contributed by atoms with Crippen LogP contribution in [-0.2, 0) is 0 Å². The Labute approximate surface area is 96.5 Å². The first-order chi connectivity index (χ1) is 7.72. The van der Waals surface area contributed by atoms with Crippen molar-refractivity contribution in [3.63, 3.8) is 0 Å². The van der Waals surface area contributed by atoms with Gasteiger partial charge in [-0.15, -0.1) is 0 Å². The predicted octanol–water partition coefficient (Wildman–Crippen LogP) is 2.23. The number of H-pyrrole nitrogens is 1. The summed E-state index contributed by atoms with van der Waals surface area (Å²) in [5.41, 5.74) is 2.12. The quantitative estimate of drug-likeness (QED) is 0.848. The first-order valence-electron chi connectivity index (χ1n) is 6.15. The minimum Gasteiger partial charge on any atom is -0.329 e. The molecule has 2 heterocycles. The van der Waals surface area contributed by atoms with E-state index in [1.54, 1.807) is 0 Å². The van der Waals surface area contributed by atoms with Gasteiger partial charge in [-0.25, -0.2) is 0 Å². The molecule has 1 aromatic rings. The van der Waals surface area contributed by atoms with E-state index in [4.69, 9.17) is 0 Å². The number of aromatic nitrogens is 1. The molecule has 1 fully saturated rings.